The Kier molecular flexibility index (Phi) is 4.94. The van der Waals surface area contributed by atoms with Gasteiger partial charge in [0.05, 0.1) is 0 Å². The lowest BCUT2D eigenvalue weighted by molar-refractivity contribution is 1.68. The van der Waals surface area contributed by atoms with Crippen molar-refractivity contribution < 1.29 is 0 Å². The molecular formula is C52H28. The van der Waals surface area contributed by atoms with Crippen molar-refractivity contribution >= 4 is 86.2 Å². The molecule has 0 nitrogen and oxygen atoms in total. The second-order valence-electron chi connectivity index (χ2n) is 14.7. The van der Waals surface area contributed by atoms with Crippen LogP contribution in [0.15, 0.2) is 170 Å². The maximum Gasteiger partial charge on any atom is -0.000741 e. The first-order chi connectivity index (χ1) is 25.8. The molecule has 0 amide bonds. The van der Waals surface area contributed by atoms with Gasteiger partial charge in [0, 0.05) is 0 Å². The van der Waals surface area contributed by atoms with Gasteiger partial charge in [0.25, 0.3) is 0 Å². The Hall–Kier alpha value is -6.76. The molecule has 0 radical (unpaired) electrons. The van der Waals surface area contributed by atoms with E-state index in [1.54, 1.807) is 0 Å². The predicted molar refractivity (Wildman–Crippen MR) is 224 cm³/mol. The first-order valence-corrected chi connectivity index (χ1v) is 18.3. The fraction of sp³-hybridized carbons (Fsp3) is 0. The Labute approximate surface area is 299 Å². The molecule has 0 aromatic heterocycles. The minimum absolute atomic E-state index is 1.26. The Balaban J connectivity index is 1.26. The third kappa shape index (κ3) is 3.24. The van der Waals surface area contributed by atoms with E-state index in [1.165, 1.54) is 131 Å². The Morgan fingerprint density at radius 1 is 0.212 bits per heavy atom. The van der Waals surface area contributed by atoms with Gasteiger partial charge in [0.2, 0.25) is 0 Å². The van der Waals surface area contributed by atoms with Crippen LogP contribution >= 0.6 is 0 Å². The summed E-state index contributed by atoms with van der Waals surface area (Å²) in [6.45, 7) is 0. The van der Waals surface area contributed by atoms with Crippen LogP contribution in [0.2, 0.25) is 0 Å². The van der Waals surface area contributed by atoms with Gasteiger partial charge in [-0.15, -0.1) is 0 Å². The topological polar surface area (TPSA) is 0 Å². The molecule has 0 N–H and O–H groups in total. The van der Waals surface area contributed by atoms with E-state index in [9.17, 15) is 0 Å². The molecule has 0 heteroatoms. The molecule has 13 rings (SSSR count). The van der Waals surface area contributed by atoms with Gasteiger partial charge in [-0.25, -0.2) is 0 Å². The minimum Gasteiger partial charge on any atom is -0.0622 e. The van der Waals surface area contributed by atoms with Gasteiger partial charge >= 0.3 is 0 Å². The third-order valence-electron chi connectivity index (χ3n) is 12.2. The van der Waals surface area contributed by atoms with Crippen molar-refractivity contribution in [2.75, 3.05) is 0 Å². The van der Waals surface area contributed by atoms with Gasteiger partial charge in [0.1, 0.15) is 0 Å². The average molecular weight is 653 g/mol. The molecule has 52 heavy (non-hydrogen) atoms. The number of hydrogen-bond donors (Lipinski definition) is 0. The summed E-state index contributed by atoms with van der Waals surface area (Å²) in [7, 11) is 0. The van der Waals surface area contributed by atoms with E-state index >= 15 is 0 Å². The van der Waals surface area contributed by atoms with E-state index < -0.39 is 0 Å². The largest absolute Gasteiger partial charge is 0.0622 e. The zero-order valence-corrected chi connectivity index (χ0v) is 28.2. The summed E-state index contributed by atoms with van der Waals surface area (Å²) in [5.41, 5.74) is 10.6. The summed E-state index contributed by atoms with van der Waals surface area (Å²) >= 11 is 0. The maximum absolute atomic E-state index is 2.54. The molecule has 0 bridgehead atoms. The first-order valence-electron chi connectivity index (χ1n) is 18.3. The molecule has 0 fully saturated rings. The molecule has 1 aliphatic carbocycles. The van der Waals surface area contributed by atoms with E-state index in [0.29, 0.717) is 0 Å². The van der Waals surface area contributed by atoms with Crippen LogP contribution in [-0.4, -0.2) is 0 Å². The van der Waals surface area contributed by atoms with E-state index in [-0.39, 0.29) is 0 Å². The van der Waals surface area contributed by atoms with Crippen molar-refractivity contribution in [2.24, 2.45) is 0 Å². The highest BCUT2D eigenvalue weighted by molar-refractivity contribution is 6.42. The van der Waals surface area contributed by atoms with Crippen molar-refractivity contribution in [2.45, 2.75) is 0 Å². The second kappa shape index (κ2) is 9.51. The van der Waals surface area contributed by atoms with Crippen LogP contribution in [0.4, 0.5) is 0 Å². The molecule has 0 atom stereocenters. The Morgan fingerprint density at radius 3 is 1.17 bits per heavy atom. The van der Waals surface area contributed by atoms with Crippen molar-refractivity contribution in [3.63, 3.8) is 0 Å². The normalized spacial score (nSPS) is 12.6. The number of fused-ring (bicyclic) bond motifs is 11. The summed E-state index contributed by atoms with van der Waals surface area (Å²) in [4.78, 5) is 0. The lowest BCUT2D eigenvalue weighted by atomic mass is 9.85. The van der Waals surface area contributed by atoms with Crippen LogP contribution in [-0.2, 0) is 0 Å². The van der Waals surface area contributed by atoms with E-state index in [2.05, 4.69) is 170 Å². The Morgan fingerprint density at radius 2 is 0.673 bits per heavy atom. The SMILES string of the molecule is c1ccc(-c2c3cc4c(cc3c(-c3ccccc3)c3c5cccc6cccc(c23)c65)c2ccc3c5c(ccc4c52)-c2cc4ccccc4cc2-3)cc1. The van der Waals surface area contributed by atoms with Crippen molar-refractivity contribution in [1.82, 2.24) is 0 Å². The summed E-state index contributed by atoms with van der Waals surface area (Å²) in [5.74, 6) is 0. The molecule has 12 aromatic rings. The van der Waals surface area contributed by atoms with E-state index in [1.807, 2.05) is 0 Å². The lowest BCUT2D eigenvalue weighted by Gasteiger charge is -2.17. The van der Waals surface area contributed by atoms with E-state index in [4.69, 9.17) is 0 Å². The van der Waals surface area contributed by atoms with Crippen LogP contribution in [0.25, 0.3) is 131 Å². The van der Waals surface area contributed by atoms with Gasteiger partial charge in [-0.05, 0) is 155 Å². The molecule has 0 spiro atoms. The molecule has 236 valence electrons. The first kappa shape index (κ1) is 27.0. The summed E-state index contributed by atoms with van der Waals surface area (Å²) < 4.78 is 0. The molecular weight excluding hydrogens is 625 g/mol. The molecule has 0 saturated carbocycles. The molecule has 0 saturated heterocycles. The van der Waals surface area contributed by atoms with Gasteiger partial charge in [-0.3, -0.25) is 0 Å². The quantitative estimate of drug-likeness (QED) is 0.174. The number of benzene rings is 10. The highest BCUT2D eigenvalue weighted by Gasteiger charge is 2.28. The average Bonchev–Trinajstić information content (AvgIpc) is 3.82. The highest BCUT2D eigenvalue weighted by Crippen LogP contribution is 2.56. The van der Waals surface area contributed by atoms with Crippen LogP contribution in [0.1, 0.15) is 0 Å². The van der Waals surface area contributed by atoms with E-state index in [0.717, 1.165) is 0 Å². The predicted octanol–water partition coefficient (Wildman–Crippen LogP) is 14.8. The second-order valence-corrected chi connectivity index (χ2v) is 14.7. The maximum atomic E-state index is 2.54. The molecule has 0 unspecified atom stereocenters. The molecule has 0 aliphatic heterocycles. The zero-order chi connectivity index (χ0) is 33.7. The molecule has 1 aliphatic rings. The highest BCUT2D eigenvalue weighted by atomic mass is 14.3. The minimum atomic E-state index is 1.26. The molecule has 12 aromatic carbocycles. The lowest BCUT2D eigenvalue weighted by Crippen LogP contribution is -1.89. The van der Waals surface area contributed by atoms with Crippen LogP contribution in [0.3, 0.4) is 0 Å². The zero-order valence-electron chi connectivity index (χ0n) is 28.2. The monoisotopic (exact) mass is 652 g/mol. The van der Waals surface area contributed by atoms with Crippen LogP contribution in [0, 0.1) is 0 Å². The van der Waals surface area contributed by atoms with Gasteiger partial charge in [-0.2, -0.15) is 0 Å². The van der Waals surface area contributed by atoms with Crippen molar-refractivity contribution in [1.29, 1.82) is 0 Å². The summed E-state index contributed by atoms with van der Waals surface area (Å²) in [5, 5.41) is 21.4. The smallest absolute Gasteiger partial charge is 0.000741 e. The van der Waals surface area contributed by atoms with Crippen molar-refractivity contribution in [3.05, 3.63) is 170 Å². The van der Waals surface area contributed by atoms with Crippen molar-refractivity contribution in [3.8, 4) is 44.5 Å². The third-order valence-corrected chi connectivity index (χ3v) is 12.2. The summed E-state index contributed by atoms with van der Waals surface area (Å²) in [6.07, 6.45) is 0. The van der Waals surface area contributed by atoms with Gasteiger partial charge in [-0.1, -0.05) is 146 Å². The molecule has 0 heterocycles. The van der Waals surface area contributed by atoms with Crippen LogP contribution < -0.4 is 0 Å². The summed E-state index contributed by atoms with van der Waals surface area (Å²) in [6, 6.07) is 64.1. The standard InChI is InChI=1S/C52H28/c1-3-11-30(12-4-1)47-44-27-42-36-23-21-34-40-25-32-15-7-8-16-33(32)26-41(40)35-22-24-37(50(36)49(34)35)43(42)28-45(44)48(31-13-5-2-6-14-31)52-39-20-10-18-29-17-9-19-38(46(29)39)51(47)52/h1-28H. The van der Waals surface area contributed by atoms with Gasteiger partial charge in [0.15, 0.2) is 0 Å². The fourth-order valence-electron chi connectivity index (χ4n) is 10.2. The number of hydrogen-bond acceptors (Lipinski definition) is 0. The van der Waals surface area contributed by atoms with Crippen LogP contribution in [0.5, 0.6) is 0 Å². The Bertz CT molecular complexity index is 3260. The fourth-order valence-corrected chi connectivity index (χ4v) is 10.2. The number of rotatable bonds is 2. The van der Waals surface area contributed by atoms with Gasteiger partial charge < -0.3 is 0 Å².